The van der Waals surface area contributed by atoms with Gasteiger partial charge in [-0.25, -0.2) is 9.67 Å². The Morgan fingerprint density at radius 3 is 2.69 bits per heavy atom. The number of unbranched alkanes of at least 4 members (excludes halogenated alkanes) is 1. The van der Waals surface area contributed by atoms with E-state index in [0.717, 1.165) is 53.8 Å². The van der Waals surface area contributed by atoms with Crippen molar-refractivity contribution in [2.75, 3.05) is 13.7 Å². The topological polar surface area (TPSA) is 75.5 Å². The molecular formula is C25H29N3O4. The summed E-state index contributed by atoms with van der Waals surface area (Å²) in [7, 11) is 1.62. The average molecular weight is 436 g/mol. The molecule has 168 valence electrons. The highest BCUT2D eigenvalue weighted by atomic mass is 16.5. The first-order valence-electron chi connectivity index (χ1n) is 11.0. The number of aryl methyl sites for hydroxylation is 1. The van der Waals surface area contributed by atoms with E-state index in [1.807, 2.05) is 44.2 Å². The van der Waals surface area contributed by atoms with E-state index >= 15 is 0 Å². The number of methoxy groups -OCH3 is 1. The number of nitrogens with zero attached hydrogens (tertiary/aromatic N) is 3. The molecule has 0 fully saturated rings. The normalized spacial score (nSPS) is 13.5. The van der Waals surface area contributed by atoms with Crippen molar-refractivity contribution in [2.24, 2.45) is 0 Å². The van der Waals surface area contributed by atoms with Crippen molar-refractivity contribution in [1.29, 1.82) is 0 Å². The molecule has 1 aromatic carbocycles. The molecule has 3 heterocycles. The molecule has 1 aliphatic rings. The first-order chi connectivity index (χ1) is 15.5. The maximum atomic E-state index is 13.1. The number of hydrogen-bond acceptors (Lipinski definition) is 6. The van der Waals surface area contributed by atoms with Gasteiger partial charge in [0.1, 0.15) is 11.5 Å². The Bertz CT molecular complexity index is 1160. The van der Waals surface area contributed by atoms with Gasteiger partial charge in [0.25, 0.3) is 5.56 Å². The smallest absolute Gasteiger partial charge is 0.272 e. The van der Waals surface area contributed by atoms with Crippen molar-refractivity contribution in [3.63, 3.8) is 0 Å². The van der Waals surface area contributed by atoms with E-state index in [1.165, 1.54) is 4.68 Å². The summed E-state index contributed by atoms with van der Waals surface area (Å²) in [4.78, 5) is 17.4. The molecule has 7 heteroatoms. The van der Waals surface area contributed by atoms with E-state index in [-0.39, 0.29) is 11.8 Å². The van der Waals surface area contributed by atoms with Crippen LogP contribution in [0.1, 0.15) is 49.2 Å². The Balaban J connectivity index is 1.61. The lowest BCUT2D eigenvalue weighted by Gasteiger charge is -2.20. The van der Waals surface area contributed by atoms with E-state index in [1.54, 1.807) is 13.3 Å². The standard InChI is InChI=1S/C25H29N3O4/c1-5-6-7-22(30-4)28-25(29)16(2)23(17(3)27-28)18-8-10-19(11-9-18)32-24-20-13-15-31-21(20)12-14-26-24/h8-12,14,22H,5-7,13,15H2,1-4H3. The fraction of sp³-hybridized carbons (Fsp3) is 0.400. The fourth-order valence-corrected chi connectivity index (χ4v) is 4.12. The molecule has 0 aliphatic carbocycles. The van der Waals surface area contributed by atoms with Gasteiger partial charge in [-0.05, 0) is 50.5 Å². The van der Waals surface area contributed by atoms with Gasteiger partial charge in [0.15, 0.2) is 6.23 Å². The van der Waals surface area contributed by atoms with Crippen molar-refractivity contribution in [2.45, 2.75) is 52.7 Å². The lowest BCUT2D eigenvalue weighted by Crippen LogP contribution is -2.31. The van der Waals surface area contributed by atoms with Gasteiger partial charge in [-0.2, -0.15) is 5.10 Å². The monoisotopic (exact) mass is 435 g/mol. The van der Waals surface area contributed by atoms with Crippen LogP contribution < -0.4 is 15.0 Å². The first kappa shape index (κ1) is 22.0. The Morgan fingerprint density at radius 1 is 1.19 bits per heavy atom. The molecule has 1 unspecified atom stereocenters. The van der Waals surface area contributed by atoms with Crippen LogP contribution in [0.15, 0.2) is 41.3 Å². The Labute approximate surface area is 188 Å². The number of pyridine rings is 1. The van der Waals surface area contributed by atoms with Crippen LogP contribution in [0.4, 0.5) is 0 Å². The third kappa shape index (κ3) is 4.25. The van der Waals surface area contributed by atoms with Crippen LogP contribution in [0.2, 0.25) is 0 Å². The van der Waals surface area contributed by atoms with Crippen LogP contribution in [-0.4, -0.2) is 28.5 Å². The van der Waals surface area contributed by atoms with Crippen LogP contribution in [0, 0.1) is 13.8 Å². The summed E-state index contributed by atoms with van der Waals surface area (Å²) >= 11 is 0. The van der Waals surface area contributed by atoms with E-state index < -0.39 is 0 Å². The van der Waals surface area contributed by atoms with Gasteiger partial charge < -0.3 is 14.2 Å². The molecule has 1 aliphatic heterocycles. The molecule has 0 amide bonds. The van der Waals surface area contributed by atoms with Gasteiger partial charge >= 0.3 is 0 Å². The summed E-state index contributed by atoms with van der Waals surface area (Å²) < 4.78 is 18.6. The van der Waals surface area contributed by atoms with Crippen molar-refractivity contribution in [1.82, 2.24) is 14.8 Å². The summed E-state index contributed by atoms with van der Waals surface area (Å²) in [6.07, 6.45) is 4.89. The molecule has 0 radical (unpaired) electrons. The summed E-state index contributed by atoms with van der Waals surface area (Å²) in [6.45, 7) is 6.53. The maximum Gasteiger partial charge on any atom is 0.272 e. The van der Waals surface area contributed by atoms with Crippen LogP contribution >= 0.6 is 0 Å². The highest BCUT2D eigenvalue weighted by Gasteiger charge is 2.20. The summed E-state index contributed by atoms with van der Waals surface area (Å²) in [6, 6.07) is 9.52. The first-order valence-corrected chi connectivity index (χ1v) is 11.0. The summed E-state index contributed by atoms with van der Waals surface area (Å²) in [5.74, 6) is 2.08. The Kier molecular flexibility index (Phi) is 6.55. The van der Waals surface area contributed by atoms with E-state index in [2.05, 4.69) is 17.0 Å². The number of ether oxygens (including phenoxy) is 3. The molecule has 3 aromatic rings. The van der Waals surface area contributed by atoms with Gasteiger partial charge in [0, 0.05) is 30.9 Å². The van der Waals surface area contributed by atoms with Gasteiger partial charge in [0.05, 0.1) is 17.9 Å². The third-order valence-electron chi connectivity index (χ3n) is 5.81. The van der Waals surface area contributed by atoms with Crippen LogP contribution in [0.25, 0.3) is 11.1 Å². The van der Waals surface area contributed by atoms with Gasteiger partial charge in [-0.15, -0.1) is 0 Å². The minimum Gasteiger partial charge on any atom is -0.493 e. The van der Waals surface area contributed by atoms with Gasteiger partial charge in [-0.3, -0.25) is 4.79 Å². The van der Waals surface area contributed by atoms with Crippen LogP contribution in [0.3, 0.4) is 0 Å². The molecule has 7 nitrogen and oxygen atoms in total. The Morgan fingerprint density at radius 2 is 1.97 bits per heavy atom. The molecule has 0 spiro atoms. The lowest BCUT2D eigenvalue weighted by molar-refractivity contribution is 0.0207. The molecule has 32 heavy (non-hydrogen) atoms. The predicted molar refractivity (Wildman–Crippen MR) is 122 cm³/mol. The van der Waals surface area contributed by atoms with Crippen molar-refractivity contribution < 1.29 is 14.2 Å². The number of rotatable bonds is 8. The zero-order valence-electron chi connectivity index (χ0n) is 19.1. The molecular weight excluding hydrogens is 406 g/mol. The second-order valence-corrected chi connectivity index (χ2v) is 7.99. The van der Waals surface area contributed by atoms with E-state index in [0.29, 0.717) is 23.8 Å². The fourth-order valence-electron chi connectivity index (χ4n) is 4.12. The van der Waals surface area contributed by atoms with Crippen molar-refractivity contribution in [3.8, 4) is 28.5 Å². The zero-order chi connectivity index (χ0) is 22.7. The molecule has 0 N–H and O–H groups in total. The predicted octanol–water partition coefficient (Wildman–Crippen LogP) is 4.98. The average Bonchev–Trinajstić information content (AvgIpc) is 3.28. The minimum atomic E-state index is -0.353. The number of benzene rings is 1. The molecule has 0 bridgehead atoms. The highest BCUT2D eigenvalue weighted by molar-refractivity contribution is 5.69. The number of fused-ring (bicyclic) bond motifs is 1. The summed E-state index contributed by atoms with van der Waals surface area (Å²) in [5, 5.41) is 4.59. The zero-order valence-corrected chi connectivity index (χ0v) is 19.1. The van der Waals surface area contributed by atoms with E-state index in [4.69, 9.17) is 14.2 Å². The SMILES string of the molecule is CCCCC(OC)n1nc(C)c(-c2ccc(Oc3nccc4c3CCO4)cc2)c(C)c1=O. The van der Waals surface area contributed by atoms with Gasteiger partial charge in [-0.1, -0.05) is 25.5 Å². The quantitative estimate of drug-likeness (QED) is 0.496. The summed E-state index contributed by atoms with van der Waals surface area (Å²) in [5.41, 5.74) is 4.07. The second-order valence-electron chi connectivity index (χ2n) is 7.99. The number of hydrogen-bond donors (Lipinski definition) is 0. The molecule has 0 saturated heterocycles. The largest absolute Gasteiger partial charge is 0.493 e. The second kappa shape index (κ2) is 9.53. The van der Waals surface area contributed by atoms with Crippen LogP contribution in [0.5, 0.6) is 17.4 Å². The molecule has 1 atom stereocenters. The minimum absolute atomic E-state index is 0.127. The van der Waals surface area contributed by atoms with E-state index in [9.17, 15) is 4.79 Å². The molecule has 0 saturated carbocycles. The third-order valence-corrected chi connectivity index (χ3v) is 5.81. The highest BCUT2D eigenvalue weighted by Crippen LogP contribution is 2.34. The Hall–Kier alpha value is -3.19. The maximum absolute atomic E-state index is 13.1. The number of aromatic nitrogens is 3. The van der Waals surface area contributed by atoms with Gasteiger partial charge in [0.2, 0.25) is 5.88 Å². The van der Waals surface area contributed by atoms with Crippen LogP contribution in [-0.2, 0) is 11.2 Å². The molecule has 4 rings (SSSR count). The lowest BCUT2D eigenvalue weighted by atomic mass is 10.0. The van der Waals surface area contributed by atoms with Crippen molar-refractivity contribution >= 4 is 0 Å². The van der Waals surface area contributed by atoms with Crippen molar-refractivity contribution in [3.05, 3.63) is 63.7 Å². The molecule has 2 aromatic heterocycles.